The fourth-order valence-electron chi connectivity index (χ4n) is 1.48. The zero-order valence-electron chi connectivity index (χ0n) is 9.95. The molecule has 1 rings (SSSR count). The largest absolute Gasteiger partial charge is 0.377 e. The van der Waals surface area contributed by atoms with Crippen molar-refractivity contribution in [1.29, 1.82) is 0 Å². The van der Waals surface area contributed by atoms with Gasteiger partial charge in [-0.15, -0.1) is 5.10 Å². The van der Waals surface area contributed by atoms with Gasteiger partial charge in [0.25, 0.3) is 0 Å². The first kappa shape index (κ1) is 12.4. The third-order valence-corrected chi connectivity index (χ3v) is 3.31. The van der Waals surface area contributed by atoms with Crippen molar-refractivity contribution in [2.75, 3.05) is 26.0 Å². The van der Waals surface area contributed by atoms with Crippen molar-refractivity contribution >= 4 is 16.5 Å². The molecule has 0 aromatic carbocycles. The number of aromatic nitrogens is 2. The predicted octanol–water partition coefficient (Wildman–Crippen LogP) is 2.06. The van der Waals surface area contributed by atoms with Gasteiger partial charge in [-0.05, 0) is 13.0 Å². The van der Waals surface area contributed by atoms with Crippen LogP contribution in [-0.4, -0.2) is 35.1 Å². The van der Waals surface area contributed by atoms with Crippen molar-refractivity contribution in [1.82, 2.24) is 14.5 Å². The van der Waals surface area contributed by atoms with Gasteiger partial charge in [0.15, 0.2) is 0 Å². The number of hydrogen-bond donors (Lipinski definition) is 1. The SMILES string of the molecule is CCC(C)CN(C)Cc1nnsc1NC. The smallest absolute Gasteiger partial charge is 0.134 e. The maximum Gasteiger partial charge on any atom is 0.134 e. The summed E-state index contributed by atoms with van der Waals surface area (Å²) in [5.74, 6) is 0.736. The number of hydrogen-bond acceptors (Lipinski definition) is 5. The highest BCUT2D eigenvalue weighted by Crippen LogP contribution is 2.18. The first-order valence-electron chi connectivity index (χ1n) is 5.34. The summed E-state index contributed by atoms with van der Waals surface area (Å²) in [5.41, 5.74) is 1.05. The van der Waals surface area contributed by atoms with Crippen LogP contribution >= 0.6 is 11.5 Å². The summed E-state index contributed by atoms with van der Waals surface area (Å²) in [6.07, 6.45) is 1.22. The Hall–Kier alpha value is -0.680. The van der Waals surface area contributed by atoms with Crippen LogP contribution in [0.3, 0.4) is 0 Å². The van der Waals surface area contributed by atoms with E-state index >= 15 is 0 Å². The second-order valence-electron chi connectivity index (χ2n) is 4.01. The van der Waals surface area contributed by atoms with Crippen LogP contribution in [0.4, 0.5) is 5.00 Å². The minimum Gasteiger partial charge on any atom is -0.377 e. The van der Waals surface area contributed by atoms with Gasteiger partial charge in [-0.1, -0.05) is 24.8 Å². The molecule has 86 valence electrons. The third kappa shape index (κ3) is 3.76. The fourth-order valence-corrected chi connectivity index (χ4v) is 2.01. The van der Waals surface area contributed by atoms with E-state index in [4.69, 9.17) is 0 Å². The first-order valence-corrected chi connectivity index (χ1v) is 6.12. The van der Waals surface area contributed by atoms with Crippen LogP contribution in [0, 0.1) is 5.92 Å². The summed E-state index contributed by atoms with van der Waals surface area (Å²) in [7, 11) is 4.04. The van der Waals surface area contributed by atoms with Crippen molar-refractivity contribution in [3.05, 3.63) is 5.69 Å². The Bertz CT molecular complexity index is 287. The lowest BCUT2D eigenvalue weighted by molar-refractivity contribution is 0.273. The quantitative estimate of drug-likeness (QED) is 0.809. The molecule has 5 heteroatoms. The number of anilines is 1. The molecule has 1 aromatic heterocycles. The highest BCUT2D eigenvalue weighted by atomic mass is 32.1. The van der Waals surface area contributed by atoms with Crippen LogP contribution in [0.5, 0.6) is 0 Å². The molecular weight excluding hydrogens is 208 g/mol. The molecule has 0 aliphatic rings. The van der Waals surface area contributed by atoms with E-state index in [0.29, 0.717) is 0 Å². The van der Waals surface area contributed by atoms with Crippen molar-refractivity contribution in [2.45, 2.75) is 26.8 Å². The zero-order valence-corrected chi connectivity index (χ0v) is 10.8. The van der Waals surface area contributed by atoms with E-state index in [1.807, 2.05) is 7.05 Å². The lowest BCUT2D eigenvalue weighted by atomic mass is 10.1. The molecule has 0 bridgehead atoms. The second-order valence-corrected chi connectivity index (χ2v) is 4.76. The average Bonchev–Trinajstić information content (AvgIpc) is 2.64. The minimum atomic E-state index is 0.736. The van der Waals surface area contributed by atoms with Gasteiger partial charge in [-0.3, -0.25) is 0 Å². The molecule has 1 aromatic rings. The summed E-state index contributed by atoms with van der Waals surface area (Å²) in [4.78, 5) is 2.30. The molecule has 0 amide bonds. The van der Waals surface area contributed by atoms with Crippen molar-refractivity contribution in [3.63, 3.8) is 0 Å². The van der Waals surface area contributed by atoms with Crippen LogP contribution in [-0.2, 0) is 6.54 Å². The van der Waals surface area contributed by atoms with E-state index in [2.05, 4.69) is 40.7 Å². The van der Waals surface area contributed by atoms with E-state index in [-0.39, 0.29) is 0 Å². The maximum absolute atomic E-state index is 4.12. The lowest BCUT2D eigenvalue weighted by Crippen LogP contribution is -2.24. The topological polar surface area (TPSA) is 41.1 Å². The monoisotopic (exact) mass is 228 g/mol. The van der Waals surface area contributed by atoms with Crippen molar-refractivity contribution in [3.8, 4) is 0 Å². The van der Waals surface area contributed by atoms with Crippen LogP contribution in [0.25, 0.3) is 0 Å². The zero-order chi connectivity index (χ0) is 11.3. The Morgan fingerprint density at radius 1 is 1.53 bits per heavy atom. The van der Waals surface area contributed by atoms with E-state index in [0.717, 1.165) is 29.7 Å². The molecule has 15 heavy (non-hydrogen) atoms. The van der Waals surface area contributed by atoms with E-state index in [1.165, 1.54) is 18.0 Å². The molecular formula is C10H20N4S. The highest BCUT2D eigenvalue weighted by molar-refractivity contribution is 7.10. The Kier molecular flexibility index (Phi) is 4.98. The highest BCUT2D eigenvalue weighted by Gasteiger charge is 2.10. The van der Waals surface area contributed by atoms with Gasteiger partial charge in [0.05, 0.1) is 0 Å². The summed E-state index contributed by atoms with van der Waals surface area (Å²) in [6.45, 7) is 6.48. The molecule has 0 spiro atoms. The molecule has 0 aliphatic heterocycles. The summed E-state index contributed by atoms with van der Waals surface area (Å²) < 4.78 is 3.95. The van der Waals surface area contributed by atoms with Gasteiger partial charge in [-0.2, -0.15) is 0 Å². The number of nitrogens with zero attached hydrogens (tertiary/aromatic N) is 3. The fraction of sp³-hybridized carbons (Fsp3) is 0.800. The molecule has 0 saturated carbocycles. The third-order valence-electron chi connectivity index (χ3n) is 2.52. The van der Waals surface area contributed by atoms with Crippen molar-refractivity contribution < 1.29 is 0 Å². The summed E-state index contributed by atoms with van der Waals surface area (Å²) in [5, 5.41) is 8.31. The summed E-state index contributed by atoms with van der Waals surface area (Å²) >= 11 is 1.42. The lowest BCUT2D eigenvalue weighted by Gasteiger charge is -2.19. The molecule has 1 heterocycles. The molecule has 1 atom stereocenters. The molecule has 1 N–H and O–H groups in total. The first-order chi connectivity index (χ1) is 7.17. The molecule has 1 unspecified atom stereocenters. The minimum absolute atomic E-state index is 0.736. The Morgan fingerprint density at radius 3 is 2.87 bits per heavy atom. The standard InChI is InChI=1S/C10H20N4S/c1-5-8(2)6-14(4)7-9-10(11-3)15-13-12-9/h8,11H,5-7H2,1-4H3. The Morgan fingerprint density at radius 2 is 2.27 bits per heavy atom. The summed E-state index contributed by atoms with van der Waals surface area (Å²) in [6, 6.07) is 0. The number of nitrogens with one attached hydrogen (secondary N) is 1. The van der Waals surface area contributed by atoms with Crippen LogP contribution in [0.2, 0.25) is 0 Å². The predicted molar refractivity (Wildman–Crippen MR) is 65.2 cm³/mol. The van der Waals surface area contributed by atoms with Crippen LogP contribution < -0.4 is 5.32 Å². The van der Waals surface area contributed by atoms with Crippen molar-refractivity contribution in [2.24, 2.45) is 5.92 Å². The van der Waals surface area contributed by atoms with Crippen LogP contribution in [0.15, 0.2) is 0 Å². The van der Waals surface area contributed by atoms with Crippen LogP contribution in [0.1, 0.15) is 26.0 Å². The average molecular weight is 228 g/mol. The van der Waals surface area contributed by atoms with Gasteiger partial charge < -0.3 is 10.2 Å². The van der Waals surface area contributed by atoms with Gasteiger partial charge in [0.2, 0.25) is 0 Å². The van der Waals surface area contributed by atoms with Gasteiger partial charge >= 0.3 is 0 Å². The van der Waals surface area contributed by atoms with E-state index in [1.54, 1.807) is 0 Å². The molecule has 0 aliphatic carbocycles. The molecule has 0 radical (unpaired) electrons. The maximum atomic E-state index is 4.12. The molecule has 0 saturated heterocycles. The van der Waals surface area contributed by atoms with Gasteiger partial charge in [-0.25, -0.2) is 0 Å². The van der Waals surface area contributed by atoms with Gasteiger partial charge in [0.1, 0.15) is 10.7 Å². The normalized spacial score (nSPS) is 13.1. The number of rotatable bonds is 6. The Labute approximate surface area is 95.8 Å². The van der Waals surface area contributed by atoms with E-state index in [9.17, 15) is 0 Å². The van der Waals surface area contributed by atoms with Gasteiger partial charge in [0, 0.05) is 31.7 Å². The van der Waals surface area contributed by atoms with E-state index < -0.39 is 0 Å². The Balaban J connectivity index is 2.47. The second kappa shape index (κ2) is 6.02. The molecule has 0 fully saturated rings. The molecule has 4 nitrogen and oxygen atoms in total.